The molecule has 0 bridgehead atoms. The molecule has 0 unspecified atom stereocenters. The third kappa shape index (κ3) is 1.54. The molecular weight excluding hydrogens is 169 g/mol. The van der Waals surface area contributed by atoms with Crippen molar-refractivity contribution in [2.45, 2.75) is 0 Å². The maximum Gasteiger partial charge on any atom is 0.142 e. The molecule has 1 rings (SSSR count). The fourth-order valence-electron chi connectivity index (χ4n) is 0.733. The zero-order valence-corrected chi connectivity index (χ0v) is 6.65. The standard InChI is InChI=1S/C7H7ClFNO/c1-11-6-3-4(9)2-5(10)7(6)8/h2-3H,10H2,1H3. The molecule has 0 aliphatic carbocycles. The predicted molar refractivity (Wildman–Crippen MR) is 42.4 cm³/mol. The summed E-state index contributed by atoms with van der Waals surface area (Å²) in [4.78, 5) is 0. The van der Waals surface area contributed by atoms with Crippen molar-refractivity contribution in [2.75, 3.05) is 12.8 Å². The first-order valence-electron chi connectivity index (χ1n) is 2.93. The number of rotatable bonds is 1. The molecule has 0 saturated carbocycles. The second kappa shape index (κ2) is 2.96. The summed E-state index contributed by atoms with van der Waals surface area (Å²) in [5, 5.41) is 0.244. The van der Waals surface area contributed by atoms with Crippen LogP contribution in [-0.2, 0) is 0 Å². The summed E-state index contributed by atoms with van der Waals surface area (Å²) in [6, 6.07) is 2.32. The second-order valence-electron chi connectivity index (χ2n) is 2.01. The van der Waals surface area contributed by atoms with Gasteiger partial charge in [-0.3, -0.25) is 0 Å². The zero-order valence-electron chi connectivity index (χ0n) is 5.90. The second-order valence-corrected chi connectivity index (χ2v) is 2.39. The lowest BCUT2D eigenvalue weighted by Crippen LogP contribution is -1.92. The van der Waals surface area contributed by atoms with Crippen LogP contribution in [0.4, 0.5) is 10.1 Å². The van der Waals surface area contributed by atoms with E-state index in [2.05, 4.69) is 0 Å². The highest BCUT2D eigenvalue weighted by molar-refractivity contribution is 6.34. The van der Waals surface area contributed by atoms with Crippen LogP contribution in [0.5, 0.6) is 5.75 Å². The topological polar surface area (TPSA) is 35.2 Å². The number of methoxy groups -OCH3 is 1. The first-order valence-corrected chi connectivity index (χ1v) is 3.31. The van der Waals surface area contributed by atoms with Crippen LogP contribution in [-0.4, -0.2) is 7.11 Å². The lowest BCUT2D eigenvalue weighted by Gasteiger charge is -2.04. The number of halogens is 2. The van der Waals surface area contributed by atoms with Gasteiger partial charge in [0.15, 0.2) is 0 Å². The minimum absolute atomic E-state index is 0.184. The van der Waals surface area contributed by atoms with E-state index in [-0.39, 0.29) is 16.5 Å². The van der Waals surface area contributed by atoms with Crippen LogP contribution in [0.15, 0.2) is 12.1 Å². The van der Waals surface area contributed by atoms with Gasteiger partial charge < -0.3 is 10.5 Å². The Bertz CT molecular complexity index is 277. The van der Waals surface area contributed by atoms with Gasteiger partial charge >= 0.3 is 0 Å². The number of anilines is 1. The highest BCUT2D eigenvalue weighted by atomic mass is 35.5. The number of benzene rings is 1. The van der Waals surface area contributed by atoms with E-state index in [1.165, 1.54) is 13.2 Å². The molecule has 2 nitrogen and oxygen atoms in total. The fraction of sp³-hybridized carbons (Fsp3) is 0.143. The largest absolute Gasteiger partial charge is 0.495 e. The molecule has 1 aromatic carbocycles. The fourth-order valence-corrected chi connectivity index (χ4v) is 0.919. The van der Waals surface area contributed by atoms with E-state index in [1.807, 2.05) is 0 Å². The normalized spacial score (nSPS) is 9.73. The Morgan fingerprint density at radius 3 is 2.73 bits per heavy atom. The van der Waals surface area contributed by atoms with Gasteiger partial charge in [0.05, 0.1) is 12.8 Å². The third-order valence-electron chi connectivity index (χ3n) is 1.25. The molecule has 0 atom stereocenters. The van der Waals surface area contributed by atoms with Crippen LogP contribution in [0.3, 0.4) is 0 Å². The number of ether oxygens (including phenoxy) is 1. The van der Waals surface area contributed by atoms with E-state index in [4.69, 9.17) is 22.1 Å². The highest BCUT2D eigenvalue weighted by Gasteiger charge is 2.05. The molecule has 0 aliphatic heterocycles. The molecule has 0 saturated heterocycles. The minimum Gasteiger partial charge on any atom is -0.495 e. The van der Waals surface area contributed by atoms with Crippen LogP contribution >= 0.6 is 11.6 Å². The maximum absolute atomic E-state index is 12.6. The molecule has 11 heavy (non-hydrogen) atoms. The Morgan fingerprint density at radius 2 is 2.18 bits per heavy atom. The van der Waals surface area contributed by atoms with E-state index in [0.717, 1.165) is 6.07 Å². The van der Waals surface area contributed by atoms with Crippen molar-refractivity contribution in [2.24, 2.45) is 0 Å². The predicted octanol–water partition coefficient (Wildman–Crippen LogP) is 2.07. The summed E-state index contributed by atoms with van der Waals surface area (Å²) in [7, 11) is 1.40. The Hall–Kier alpha value is -0.960. The summed E-state index contributed by atoms with van der Waals surface area (Å²) in [6.07, 6.45) is 0. The molecule has 0 heterocycles. The molecule has 0 aliphatic rings. The maximum atomic E-state index is 12.6. The van der Waals surface area contributed by atoms with Gasteiger partial charge in [0, 0.05) is 6.07 Å². The number of nitrogen functional groups attached to an aromatic ring is 1. The average Bonchev–Trinajstić information content (AvgIpc) is 1.96. The van der Waals surface area contributed by atoms with Gasteiger partial charge in [-0.1, -0.05) is 11.6 Å². The molecule has 0 amide bonds. The first-order chi connectivity index (χ1) is 5.15. The molecule has 0 aromatic heterocycles. The summed E-state index contributed by atoms with van der Waals surface area (Å²) < 4.78 is 17.3. The van der Waals surface area contributed by atoms with Crippen LogP contribution in [0.25, 0.3) is 0 Å². The zero-order chi connectivity index (χ0) is 8.43. The van der Waals surface area contributed by atoms with Crippen molar-refractivity contribution in [3.05, 3.63) is 23.0 Å². The van der Waals surface area contributed by atoms with Gasteiger partial charge in [0.1, 0.15) is 16.6 Å². The minimum atomic E-state index is -0.455. The van der Waals surface area contributed by atoms with Crippen molar-refractivity contribution in [3.8, 4) is 5.75 Å². The van der Waals surface area contributed by atoms with Gasteiger partial charge in [-0.2, -0.15) is 0 Å². The number of hydrogen-bond donors (Lipinski definition) is 1. The smallest absolute Gasteiger partial charge is 0.142 e. The van der Waals surface area contributed by atoms with Crippen LogP contribution in [0.1, 0.15) is 0 Å². The molecule has 60 valence electrons. The Kier molecular flexibility index (Phi) is 2.19. The Labute approximate surface area is 68.7 Å². The lowest BCUT2D eigenvalue weighted by atomic mass is 10.3. The first kappa shape index (κ1) is 8.14. The monoisotopic (exact) mass is 175 g/mol. The molecule has 0 spiro atoms. The summed E-state index contributed by atoms with van der Waals surface area (Å²) in [6.45, 7) is 0. The van der Waals surface area contributed by atoms with Crippen molar-refractivity contribution in [3.63, 3.8) is 0 Å². The lowest BCUT2D eigenvalue weighted by molar-refractivity contribution is 0.412. The molecule has 0 fully saturated rings. The summed E-state index contributed by atoms with van der Waals surface area (Å²) in [5.74, 6) is -0.201. The summed E-state index contributed by atoms with van der Waals surface area (Å²) >= 11 is 5.65. The summed E-state index contributed by atoms with van der Waals surface area (Å²) in [5.41, 5.74) is 5.53. The average molecular weight is 176 g/mol. The quantitative estimate of drug-likeness (QED) is 0.664. The molecule has 2 N–H and O–H groups in total. The molecular formula is C7H7ClFNO. The van der Waals surface area contributed by atoms with Gasteiger partial charge in [0.25, 0.3) is 0 Å². The van der Waals surface area contributed by atoms with Crippen molar-refractivity contribution >= 4 is 17.3 Å². The van der Waals surface area contributed by atoms with E-state index in [1.54, 1.807) is 0 Å². The van der Waals surface area contributed by atoms with E-state index >= 15 is 0 Å². The third-order valence-corrected chi connectivity index (χ3v) is 1.66. The van der Waals surface area contributed by atoms with Gasteiger partial charge in [-0.05, 0) is 6.07 Å². The molecule has 4 heteroatoms. The van der Waals surface area contributed by atoms with Crippen molar-refractivity contribution in [1.29, 1.82) is 0 Å². The molecule has 0 radical (unpaired) electrons. The Morgan fingerprint density at radius 1 is 1.55 bits per heavy atom. The number of hydrogen-bond acceptors (Lipinski definition) is 2. The number of nitrogens with two attached hydrogens (primary N) is 1. The van der Waals surface area contributed by atoms with E-state index < -0.39 is 5.82 Å². The van der Waals surface area contributed by atoms with Crippen molar-refractivity contribution in [1.82, 2.24) is 0 Å². The SMILES string of the molecule is COc1cc(F)cc(N)c1Cl. The van der Waals surface area contributed by atoms with Gasteiger partial charge in [0.2, 0.25) is 0 Å². The Balaban J connectivity index is 3.24. The van der Waals surface area contributed by atoms with Crippen LogP contribution in [0.2, 0.25) is 5.02 Å². The van der Waals surface area contributed by atoms with Gasteiger partial charge in [-0.15, -0.1) is 0 Å². The van der Waals surface area contributed by atoms with Crippen molar-refractivity contribution < 1.29 is 9.13 Å². The highest BCUT2D eigenvalue weighted by Crippen LogP contribution is 2.30. The van der Waals surface area contributed by atoms with Crippen LogP contribution < -0.4 is 10.5 Å². The van der Waals surface area contributed by atoms with Crippen LogP contribution in [0, 0.1) is 5.82 Å². The molecule has 1 aromatic rings. The van der Waals surface area contributed by atoms with E-state index in [0.29, 0.717) is 0 Å². The van der Waals surface area contributed by atoms with E-state index in [9.17, 15) is 4.39 Å². The van der Waals surface area contributed by atoms with Gasteiger partial charge in [-0.25, -0.2) is 4.39 Å².